The highest BCUT2D eigenvalue weighted by atomic mass is 19.1. The fourth-order valence-corrected chi connectivity index (χ4v) is 6.29. The van der Waals surface area contributed by atoms with Gasteiger partial charge in [-0.1, -0.05) is 13.3 Å². The van der Waals surface area contributed by atoms with Gasteiger partial charge in [-0.25, -0.2) is 4.39 Å². The van der Waals surface area contributed by atoms with E-state index in [1.807, 2.05) is 18.9 Å². The van der Waals surface area contributed by atoms with Gasteiger partial charge >= 0.3 is 6.01 Å². The van der Waals surface area contributed by atoms with E-state index in [2.05, 4.69) is 21.8 Å². The zero-order valence-electron chi connectivity index (χ0n) is 23.3. The number of anilines is 1. The number of rotatable bonds is 11. The molecule has 2 N–H and O–H groups in total. The summed E-state index contributed by atoms with van der Waals surface area (Å²) in [5.74, 6) is 0.340. The fourth-order valence-electron chi connectivity index (χ4n) is 6.29. The summed E-state index contributed by atoms with van der Waals surface area (Å²) in [6, 6.07) is 5.09. The second kappa shape index (κ2) is 11.6. The molecule has 3 aromatic rings. The minimum atomic E-state index is -0.563. The quantitative estimate of drug-likeness (QED) is 0.349. The Morgan fingerprint density at radius 3 is 2.64 bits per heavy atom. The molecule has 1 unspecified atom stereocenters. The molecule has 4 heterocycles. The maximum Gasteiger partial charge on any atom is 0.319 e. The summed E-state index contributed by atoms with van der Waals surface area (Å²) in [4.78, 5) is 18.3. The van der Waals surface area contributed by atoms with Gasteiger partial charge in [0, 0.05) is 32.0 Å². The lowest BCUT2D eigenvalue weighted by Gasteiger charge is -2.31. The Balaban J connectivity index is 1.50. The summed E-state index contributed by atoms with van der Waals surface area (Å²) in [5.41, 5.74) is 1.60. The highest BCUT2D eigenvalue weighted by Crippen LogP contribution is 2.39. The van der Waals surface area contributed by atoms with E-state index in [0.717, 1.165) is 63.6 Å². The Labute approximate surface area is 229 Å². The molecule has 0 aliphatic carbocycles. The van der Waals surface area contributed by atoms with E-state index in [0.29, 0.717) is 29.9 Å². The highest BCUT2D eigenvalue weighted by Gasteiger charge is 2.45. The number of aryl methyl sites for hydroxylation is 1. The van der Waals surface area contributed by atoms with Crippen molar-refractivity contribution in [3.63, 3.8) is 0 Å². The van der Waals surface area contributed by atoms with Gasteiger partial charge in [-0.2, -0.15) is 9.97 Å². The van der Waals surface area contributed by atoms with Crippen molar-refractivity contribution in [2.45, 2.75) is 64.3 Å². The third-order valence-corrected chi connectivity index (χ3v) is 8.56. The van der Waals surface area contributed by atoms with Gasteiger partial charge in [0.1, 0.15) is 29.4 Å². The van der Waals surface area contributed by atoms with Crippen molar-refractivity contribution in [1.82, 2.24) is 19.9 Å². The Morgan fingerprint density at radius 2 is 1.95 bits per heavy atom. The van der Waals surface area contributed by atoms with Crippen LogP contribution in [0, 0.1) is 18.7 Å². The molecule has 1 atom stereocenters. The van der Waals surface area contributed by atoms with Crippen LogP contribution in [0.3, 0.4) is 0 Å². The van der Waals surface area contributed by atoms with Gasteiger partial charge in [0.25, 0.3) is 0 Å². The van der Waals surface area contributed by atoms with E-state index in [-0.39, 0.29) is 41.0 Å². The smallest absolute Gasteiger partial charge is 0.319 e. The van der Waals surface area contributed by atoms with Crippen LogP contribution < -0.4 is 9.64 Å². The summed E-state index contributed by atoms with van der Waals surface area (Å²) in [6.45, 7) is 7.47. The van der Waals surface area contributed by atoms with E-state index in [4.69, 9.17) is 9.72 Å². The molecule has 2 aliphatic heterocycles. The van der Waals surface area contributed by atoms with Crippen LogP contribution in [0.5, 0.6) is 11.8 Å². The second-order valence-electron chi connectivity index (χ2n) is 11.3. The SMILES string of the molecule is CCC(CO)CCCN(C)c1nc(OCC23CCCN2CCC3)nc2c(F)c(-c3cc(C)cc(O)c3)ncc12. The van der Waals surface area contributed by atoms with Gasteiger partial charge in [-0.05, 0) is 88.2 Å². The molecular weight excluding hydrogens is 497 g/mol. The van der Waals surface area contributed by atoms with Gasteiger partial charge < -0.3 is 19.8 Å². The van der Waals surface area contributed by atoms with Crippen LogP contribution in [0.2, 0.25) is 0 Å². The van der Waals surface area contributed by atoms with Gasteiger partial charge in [0.05, 0.1) is 10.9 Å². The molecule has 0 bridgehead atoms. The minimum Gasteiger partial charge on any atom is -0.508 e. The zero-order chi connectivity index (χ0) is 27.6. The van der Waals surface area contributed by atoms with Crippen molar-refractivity contribution in [2.24, 2.45) is 5.92 Å². The Morgan fingerprint density at radius 1 is 1.18 bits per heavy atom. The molecule has 1 aromatic carbocycles. The van der Waals surface area contributed by atoms with E-state index >= 15 is 4.39 Å². The molecule has 210 valence electrons. The summed E-state index contributed by atoms with van der Waals surface area (Å²) in [7, 11) is 1.93. The topological polar surface area (TPSA) is 94.8 Å². The lowest BCUT2D eigenvalue weighted by atomic mass is 9.95. The van der Waals surface area contributed by atoms with Gasteiger partial charge in [0.15, 0.2) is 5.82 Å². The number of aliphatic hydroxyl groups excluding tert-OH is 1. The number of aromatic nitrogens is 3. The van der Waals surface area contributed by atoms with Crippen molar-refractivity contribution in [1.29, 1.82) is 0 Å². The molecular formula is C30H40FN5O3. The molecule has 0 amide bonds. The lowest BCUT2D eigenvalue weighted by Crippen LogP contribution is -2.43. The minimum absolute atomic E-state index is 0.0187. The Hall–Kier alpha value is -3.04. The number of phenols is 1. The second-order valence-corrected chi connectivity index (χ2v) is 11.3. The predicted molar refractivity (Wildman–Crippen MR) is 151 cm³/mol. The average Bonchev–Trinajstić information content (AvgIpc) is 3.50. The van der Waals surface area contributed by atoms with E-state index < -0.39 is 5.82 Å². The highest BCUT2D eigenvalue weighted by molar-refractivity contribution is 5.92. The number of aromatic hydroxyl groups is 1. The molecule has 9 heteroatoms. The van der Waals surface area contributed by atoms with Crippen molar-refractivity contribution in [2.75, 3.05) is 44.8 Å². The molecule has 39 heavy (non-hydrogen) atoms. The van der Waals surface area contributed by atoms with Crippen molar-refractivity contribution in [3.8, 4) is 23.0 Å². The summed E-state index contributed by atoms with van der Waals surface area (Å²) in [6.07, 6.45) is 8.82. The molecule has 2 aliphatic rings. The summed E-state index contributed by atoms with van der Waals surface area (Å²) in [5, 5.41) is 20.2. The molecule has 2 fully saturated rings. The number of aliphatic hydroxyl groups is 1. The predicted octanol–water partition coefficient (Wildman–Crippen LogP) is 5.09. The van der Waals surface area contributed by atoms with Crippen LogP contribution in [0.1, 0.15) is 57.4 Å². The third-order valence-electron chi connectivity index (χ3n) is 8.56. The third kappa shape index (κ3) is 5.65. The number of phenolic OH excluding ortho intramolecular Hbond substituents is 1. The number of ether oxygens (including phenoxy) is 1. The van der Waals surface area contributed by atoms with Crippen molar-refractivity contribution < 1.29 is 19.3 Å². The van der Waals surface area contributed by atoms with E-state index in [9.17, 15) is 10.2 Å². The molecule has 8 nitrogen and oxygen atoms in total. The summed E-state index contributed by atoms with van der Waals surface area (Å²) >= 11 is 0. The van der Waals surface area contributed by atoms with E-state index in [1.165, 1.54) is 6.07 Å². The first-order valence-corrected chi connectivity index (χ1v) is 14.2. The maximum atomic E-state index is 16.1. The average molecular weight is 538 g/mol. The number of pyridine rings is 1. The maximum absolute atomic E-state index is 16.1. The zero-order valence-corrected chi connectivity index (χ0v) is 23.3. The Kier molecular flexibility index (Phi) is 8.19. The number of nitrogens with zero attached hydrogens (tertiary/aromatic N) is 5. The van der Waals surface area contributed by atoms with Gasteiger partial charge in [0.2, 0.25) is 0 Å². The van der Waals surface area contributed by atoms with Crippen LogP contribution in [0.25, 0.3) is 22.2 Å². The molecule has 2 saturated heterocycles. The number of benzene rings is 1. The molecule has 2 aromatic heterocycles. The largest absolute Gasteiger partial charge is 0.508 e. The molecule has 0 saturated carbocycles. The fraction of sp³-hybridized carbons (Fsp3) is 0.567. The first kappa shape index (κ1) is 27.5. The first-order valence-electron chi connectivity index (χ1n) is 14.2. The molecule has 5 rings (SSSR count). The number of fused-ring (bicyclic) bond motifs is 2. The number of halogens is 1. The molecule has 0 radical (unpaired) electrons. The van der Waals surface area contributed by atoms with Crippen LogP contribution in [-0.4, -0.2) is 75.5 Å². The van der Waals surface area contributed by atoms with Gasteiger partial charge in [-0.3, -0.25) is 9.88 Å². The van der Waals surface area contributed by atoms with Crippen molar-refractivity contribution >= 4 is 16.7 Å². The lowest BCUT2D eigenvalue weighted by molar-refractivity contribution is 0.108. The normalized spacial score (nSPS) is 17.5. The van der Waals surface area contributed by atoms with Gasteiger partial charge in [-0.15, -0.1) is 0 Å². The monoisotopic (exact) mass is 537 g/mol. The number of hydrogen-bond donors (Lipinski definition) is 2. The van der Waals surface area contributed by atoms with Crippen molar-refractivity contribution in [3.05, 3.63) is 35.8 Å². The standard InChI is InChI=1S/C30H40FN5O3/c1-4-21(18-37)8-5-11-35(3)28-24-17-32-26(22-14-20(2)15-23(38)16-22)25(31)27(24)33-29(34-28)39-19-30-9-6-12-36(30)13-7-10-30/h14-17,21,37-38H,4-13,18-19H2,1-3H3. The Bertz CT molecular complexity index is 1290. The van der Waals surface area contributed by atoms with E-state index in [1.54, 1.807) is 18.3 Å². The van der Waals surface area contributed by atoms with Crippen LogP contribution in [0.4, 0.5) is 10.2 Å². The first-order chi connectivity index (χ1) is 18.8. The van der Waals surface area contributed by atoms with Crippen LogP contribution >= 0.6 is 0 Å². The molecule has 0 spiro atoms. The number of hydrogen-bond acceptors (Lipinski definition) is 8. The van der Waals surface area contributed by atoms with Crippen LogP contribution in [0.15, 0.2) is 24.4 Å². The summed E-state index contributed by atoms with van der Waals surface area (Å²) < 4.78 is 22.4. The van der Waals surface area contributed by atoms with Crippen LogP contribution in [-0.2, 0) is 0 Å².